The Morgan fingerprint density at radius 2 is 1.82 bits per heavy atom. The number of thioether (sulfide) groups is 1. The van der Waals surface area contributed by atoms with E-state index in [0.717, 1.165) is 15.5 Å². The number of nitrogens with one attached hydrogen (secondary N) is 1. The van der Waals surface area contributed by atoms with E-state index in [2.05, 4.69) is 5.32 Å². The van der Waals surface area contributed by atoms with Crippen molar-refractivity contribution in [2.24, 2.45) is 17.8 Å². The van der Waals surface area contributed by atoms with Crippen LogP contribution in [0.3, 0.4) is 0 Å². The number of hydrogen-bond donors (Lipinski definition) is 1. The molecule has 1 N–H and O–H groups in total. The fourth-order valence-corrected chi connectivity index (χ4v) is 9.77. The van der Waals surface area contributed by atoms with E-state index in [9.17, 15) is 9.59 Å². The number of halogens is 3. The van der Waals surface area contributed by atoms with Crippen LogP contribution in [0, 0.1) is 17.8 Å². The zero-order valence-corrected chi connectivity index (χ0v) is 21.9. The maximum Gasteiger partial charge on any atom is 0.308 e. The number of hydrogen-bond acceptors (Lipinski definition) is 4. The fraction of sp³-hybridized carbons (Fsp3) is 0.360. The van der Waals surface area contributed by atoms with Crippen LogP contribution in [0.1, 0.15) is 35.6 Å². The highest BCUT2D eigenvalue weighted by Gasteiger charge is 2.55. The van der Waals surface area contributed by atoms with Gasteiger partial charge in [0.2, 0.25) is 5.91 Å². The summed E-state index contributed by atoms with van der Waals surface area (Å²) in [6, 6.07) is 12.7. The second-order valence-electron chi connectivity index (χ2n) is 9.29. The van der Waals surface area contributed by atoms with Gasteiger partial charge in [0, 0.05) is 26.8 Å². The van der Waals surface area contributed by atoms with E-state index in [1.54, 1.807) is 46.7 Å². The summed E-state index contributed by atoms with van der Waals surface area (Å²) in [6.07, 6.45) is 3.69. The Hall–Kier alpha value is -1.44. The molecule has 4 nitrogen and oxygen atoms in total. The van der Waals surface area contributed by atoms with Crippen molar-refractivity contribution >= 4 is 69.5 Å². The van der Waals surface area contributed by atoms with Crippen molar-refractivity contribution < 1.29 is 4.79 Å². The molecule has 0 radical (unpaired) electrons. The van der Waals surface area contributed by atoms with E-state index < -0.39 is 0 Å². The molecule has 2 fully saturated rings. The molecule has 2 bridgehead atoms. The Morgan fingerprint density at radius 1 is 1.06 bits per heavy atom. The van der Waals surface area contributed by atoms with Crippen LogP contribution in [-0.2, 0) is 11.3 Å². The number of amides is 1. The van der Waals surface area contributed by atoms with Crippen LogP contribution in [-0.4, -0.2) is 15.7 Å². The number of fused-ring (bicyclic) bond motifs is 6. The van der Waals surface area contributed by atoms with Crippen LogP contribution in [0.5, 0.6) is 0 Å². The first-order valence-corrected chi connectivity index (χ1v) is 14.1. The highest BCUT2D eigenvalue weighted by atomic mass is 35.5. The third-order valence-electron chi connectivity index (χ3n) is 7.44. The van der Waals surface area contributed by atoms with Gasteiger partial charge in [0.1, 0.15) is 6.54 Å². The zero-order valence-electron chi connectivity index (χ0n) is 18.0. The summed E-state index contributed by atoms with van der Waals surface area (Å²) in [5, 5.41) is 5.92. The molecule has 0 unspecified atom stereocenters. The van der Waals surface area contributed by atoms with Crippen molar-refractivity contribution in [3.8, 4) is 0 Å². The number of benzene rings is 2. The molecule has 5 atom stereocenters. The maximum absolute atomic E-state index is 13.2. The van der Waals surface area contributed by atoms with Gasteiger partial charge in [0.25, 0.3) is 0 Å². The van der Waals surface area contributed by atoms with Crippen molar-refractivity contribution in [3.63, 3.8) is 0 Å². The first-order chi connectivity index (χ1) is 16.4. The summed E-state index contributed by atoms with van der Waals surface area (Å²) >= 11 is 22.1. The normalized spacial score (nSPS) is 26.9. The lowest BCUT2D eigenvalue weighted by Crippen LogP contribution is -2.35. The van der Waals surface area contributed by atoms with Crippen LogP contribution in [0.25, 0.3) is 0 Å². The molecule has 3 aliphatic rings. The van der Waals surface area contributed by atoms with Crippen molar-refractivity contribution in [2.45, 2.75) is 42.0 Å². The van der Waals surface area contributed by atoms with Crippen LogP contribution in [0.2, 0.25) is 15.1 Å². The molecule has 6 rings (SSSR count). The second kappa shape index (κ2) is 8.90. The van der Waals surface area contributed by atoms with Gasteiger partial charge >= 0.3 is 4.87 Å². The number of rotatable bonds is 4. The van der Waals surface area contributed by atoms with Gasteiger partial charge in [-0.1, -0.05) is 58.3 Å². The van der Waals surface area contributed by atoms with Crippen molar-refractivity contribution in [2.75, 3.05) is 5.32 Å². The lowest BCUT2D eigenvalue weighted by Gasteiger charge is -2.40. The highest BCUT2D eigenvalue weighted by Crippen LogP contribution is 2.64. The summed E-state index contributed by atoms with van der Waals surface area (Å²) in [5.74, 6) is 1.50. The van der Waals surface area contributed by atoms with Gasteiger partial charge in [-0.15, -0.1) is 11.8 Å². The number of anilines is 1. The van der Waals surface area contributed by atoms with Crippen molar-refractivity contribution in [1.29, 1.82) is 0 Å². The molecule has 0 saturated heterocycles. The number of thiazole rings is 1. The Morgan fingerprint density at radius 3 is 2.62 bits per heavy atom. The first kappa shape index (κ1) is 23.0. The van der Waals surface area contributed by atoms with Crippen LogP contribution < -0.4 is 10.2 Å². The number of carbonyl (C=O) groups is 1. The summed E-state index contributed by atoms with van der Waals surface area (Å²) in [5.41, 5.74) is 1.65. The minimum atomic E-state index is -0.238. The van der Waals surface area contributed by atoms with Gasteiger partial charge < -0.3 is 5.32 Å². The average molecular weight is 552 g/mol. The van der Waals surface area contributed by atoms with E-state index in [4.69, 9.17) is 34.8 Å². The molecule has 1 amide bonds. The zero-order chi connectivity index (χ0) is 23.6. The molecule has 2 aromatic carbocycles. The van der Waals surface area contributed by atoms with Crippen LogP contribution >= 0.6 is 57.9 Å². The lowest BCUT2D eigenvalue weighted by molar-refractivity contribution is -0.116. The molecule has 1 aromatic heterocycles. The molecule has 2 saturated carbocycles. The number of carbonyl (C=O) groups excluding carboxylic acids is 1. The Kier molecular flexibility index (Phi) is 6.01. The van der Waals surface area contributed by atoms with Gasteiger partial charge in [-0.05, 0) is 72.9 Å². The maximum atomic E-state index is 13.2. The topological polar surface area (TPSA) is 51.1 Å². The molecule has 2 aliphatic carbocycles. The molecule has 34 heavy (non-hydrogen) atoms. The van der Waals surface area contributed by atoms with E-state index >= 15 is 0 Å². The molecule has 176 valence electrons. The molecule has 0 spiro atoms. The molecular weight excluding hydrogens is 531 g/mol. The van der Waals surface area contributed by atoms with Gasteiger partial charge in [-0.25, -0.2) is 0 Å². The molecular formula is C25H21Cl3N2O2S2. The van der Waals surface area contributed by atoms with E-state index in [1.165, 1.54) is 30.6 Å². The van der Waals surface area contributed by atoms with Gasteiger partial charge in [-0.3, -0.25) is 14.2 Å². The third-order valence-corrected chi connectivity index (χ3v) is 11.3. The van der Waals surface area contributed by atoms with E-state index in [1.807, 2.05) is 12.1 Å². The van der Waals surface area contributed by atoms with Crippen molar-refractivity contribution in [1.82, 2.24) is 4.57 Å². The number of nitrogens with zero attached hydrogens (tertiary/aromatic N) is 1. The standard InChI is InChI=1S/C25H21Cl3N2O2S2/c26-14-6-8-15(9-7-14)29-18(31)11-30-24-23(34-25(30)32)20(16-2-1-3-17(27)21(16)28)19-12-4-5-13(10-12)22(19)33-24/h1-3,6-9,12-13,19-20,22H,4-5,10-11H2,(H,29,31)/t12-,13-,19-,20-,22+/m0/s1. The molecule has 1 aliphatic heterocycles. The third kappa shape index (κ3) is 3.82. The molecule has 9 heteroatoms. The molecule has 2 heterocycles. The van der Waals surface area contributed by atoms with Gasteiger partial charge in [-0.2, -0.15) is 0 Å². The SMILES string of the molecule is O=C(Cn1c2c(sc1=O)[C@@H](c1cccc(Cl)c1Cl)[C@@H]1[C@H]3CC[C@@H](C3)[C@H]1S2)Nc1ccc(Cl)cc1. The average Bonchev–Trinajstić information content (AvgIpc) is 3.51. The van der Waals surface area contributed by atoms with Crippen LogP contribution in [0.15, 0.2) is 52.3 Å². The lowest BCUT2D eigenvalue weighted by atomic mass is 9.75. The van der Waals surface area contributed by atoms with E-state index in [-0.39, 0.29) is 23.2 Å². The summed E-state index contributed by atoms with van der Waals surface area (Å²) in [4.78, 5) is 26.9. The predicted octanol–water partition coefficient (Wildman–Crippen LogP) is 7.16. The smallest absolute Gasteiger partial charge is 0.308 e. The Balaban J connectivity index is 1.39. The van der Waals surface area contributed by atoms with Gasteiger partial charge in [0.05, 0.1) is 15.1 Å². The summed E-state index contributed by atoms with van der Waals surface area (Å²) in [6.45, 7) is -0.0260. The highest BCUT2D eigenvalue weighted by molar-refractivity contribution is 8.00. The minimum absolute atomic E-state index is 0.0260. The van der Waals surface area contributed by atoms with Crippen LogP contribution in [0.4, 0.5) is 5.69 Å². The number of aromatic nitrogens is 1. The molecule has 3 aromatic rings. The van der Waals surface area contributed by atoms with Gasteiger partial charge in [0.15, 0.2) is 0 Å². The second-order valence-corrected chi connectivity index (χ2v) is 12.7. The minimum Gasteiger partial charge on any atom is -0.325 e. The monoisotopic (exact) mass is 550 g/mol. The van der Waals surface area contributed by atoms with Crippen molar-refractivity contribution in [3.05, 3.63) is 77.6 Å². The predicted molar refractivity (Wildman–Crippen MR) is 141 cm³/mol. The fourth-order valence-electron chi connectivity index (χ4n) is 6.07. The largest absolute Gasteiger partial charge is 0.325 e. The van der Waals surface area contributed by atoms with E-state index in [0.29, 0.717) is 43.8 Å². The summed E-state index contributed by atoms with van der Waals surface area (Å²) in [7, 11) is 0. The Labute approximate surface area is 220 Å². The first-order valence-electron chi connectivity index (χ1n) is 11.3. The quantitative estimate of drug-likeness (QED) is 0.374. The Bertz CT molecular complexity index is 1340. The summed E-state index contributed by atoms with van der Waals surface area (Å²) < 4.78 is 1.64.